The van der Waals surface area contributed by atoms with Crippen LogP contribution in [-0.4, -0.2) is 12.1 Å². The van der Waals surface area contributed by atoms with E-state index in [1.165, 1.54) is 37.7 Å². The number of rotatable bonds is 5. The third-order valence-corrected chi connectivity index (χ3v) is 4.69. The minimum Gasteiger partial charge on any atom is -0.312 e. The van der Waals surface area contributed by atoms with Crippen molar-refractivity contribution in [3.05, 3.63) is 34.9 Å². The van der Waals surface area contributed by atoms with Crippen LogP contribution < -0.4 is 5.32 Å². The maximum absolute atomic E-state index is 3.69. The Morgan fingerprint density at radius 1 is 1.05 bits per heavy atom. The van der Waals surface area contributed by atoms with Gasteiger partial charge in [0.05, 0.1) is 0 Å². The van der Waals surface area contributed by atoms with Crippen LogP contribution in [0.5, 0.6) is 0 Å². The molecule has 1 atom stereocenters. The van der Waals surface area contributed by atoms with Gasteiger partial charge in [-0.15, -0.1) is 0 Å². The highest BCUT2D eigenvalue weighted by Gasteiger charge is 2.25. The molecule has 0 heterocycles. The van der Waals surface area contributed by atoms with Crippen molar-refractivity contribution in [1.82, 2.24) is 5.32 Å². The number of aryl methyl sites for hydroxylation is 2. The number of hydrogen-bond acceptors (Lipinski definition) is 1. The molecule has 0 radical (unpaired) electrons. The fraction of sp³-hybridized carbons (Fsp3) is 0.684. The molecule has 0 spiro atoms. The number of nitrogens with one attached hydrogen (secondary N) is 1. The van der Waals surface area contributed by atoms with Crippen LogP contribution in [0.1, 0.15) is 64.2 Å². The summed E-state index contributed by atoms with van der Waals surface area (Å²) in [5.41, 5.74) is 5.25. The summed E-state index contributed by atoms with van der Waals surface area (Å²) in [6.45, 7) is 12.6. The molecule has 0 saturated heterocycles. The fourth-order valence-electron chi connectivity index (χ4n) is 3.02. The third kappa shape index (κ3) is 4.09. The first-order valence-electron chi connectivity index (χ1n) is 8.17. The van der Waals surface area contributed by atoms with E-state index in [1.807, 2.05) is 0 Å². The Morgan fingerprint density at radius 3 is 2.40 bits per heavy atom. The first kappa shape index (κ1) is 15.6. The molecule has 1 heteroatoms. The Morgan fingerprint density at radius 2 is 1.75 bits per heavy atom. The highest BCUT2D eigenvalue weighted by molar-refractivity contribution is 5.35. The monoisotopic (exact) mass is 273 g/mol. The van der Waals surface area contributed by atoms with E-state index in [-0.39, 0.29) is 5.54 Å². The summed E-state index contributed by atoms with van der Waals surface area (Å²) >= 11 is 0. The first-order valence-corrected chi connectivity index (χ1v) is 8.17. The van der Waals surface area contributed by atoms with Gasteiger partial charge in [0, 0.05) is 12.1 Å². The molecular weight excluding hydrogens is 242 g/mol. The summed E-state index contributed by atoms with van der Waals surface area (Å²) in [4.78, 5) is 0. The van der Waals surface area contributed by atoms with Gasteiger partial charge in [0.2, 0.25) is 0 Å². The summed E-state index contributed by atoms with van der Waals surface area (Å²) in [5, 5.41) is 3.69. The summed E-state index contributed by atoms with van der Waals surface area (Å²) in [6.07, 6.45) is 6.31. The van der Waals surface area contributed by atoms with E-state index < -0.39 is 0 Å². The molecule has 1 aromatic rings. The molecule has 0 fully saturated rings. The molecule has 0 aliphatic heterocycles. The lowest BCUT2D eigenvalue weighted by molar-refractivity contribution is 0.255. The van der Waals surface area contributed by atoms with Gasteiger partial charge in [-0.1, -0.05) is 32.0 Å². The van der Waals surface area contributed by atoms with Crippen molar-refractivity contribution in [3.8, 4) is 0 Å². The highest BCUT2D eigenvalue weighted by Crippen LogP contribution is 2.29. The maximum atomic E-state index is 3.69. The summed E-state index contributed by atoms with van der Waals surface area (Å²) < 4.78 is 0. The van der Waals surface area contributed by atoms with Gasteiger partial charge in [0.15, 0.2) is 0 Å². The lowest BCUT2D eigenvalue weighted by atomic mass is 9.80. The predicted octanol–water partition coefficient (Wildman–Crippen LogP) is 4.52. The van der Waals surface area contributed by atoms with Crippen molar-refractivity contribution >= 4 is 0 Å². The third-order valence-electron chi connectivity index (χ3n) is 4.69. The largest absolute Gasteiger partial charge is 0.312 e. The lowest BCUT2D eigenvalue weighted by Gasteiger charge is -2.33. The number of benzene rings is 1. The zero-order chi connectivity index (χ0) is 14.8. The smallest absolute Gasteiger partial charge is 0.00967 e. The topological polar surface area (TPSA) is 12.0 Å². The van der Waals surface area contributed by atoms with Crippen LogP contribution in [0.4, 0.5) is 0 Å². The quantitative estimate of drug-likeness (QED) is 0.831. The van der Waals surface area contributed by atoms with Gasteiger partial charge in [-0.05, 0) is 75.0 Å². The molecule has 1 unspecified atom stereocenters. The molecule has 1 aliphatic rings. The zero-order valence-electron chi connectivity index (χ0n) is 14.0. The van der Waals surface area contributed by atoms with Gasteiger partial charge in [0.1, 0.15) is 0 Å². The lowest BCUT2D eigenvalue weighted by Crippen LogP contribution is -2.43. The van der Waals surface area contributed by atoms with E-state index in [9.17, 15) is 0 Å². The van der Waals surface area contributed by atoms with E-state index in [2.05, 4.69) is 58.1 Å². The van der Waals surface area contributed by atoms with Crippen LogP contribution in [0, 0.1) is 5.41 Å². The molecule has 0 aromatic heterocycles. The van der Waals surface area contributed by atoms with Crippen molar-refractivity contribution in [2.75, 3.05) is 6.54 Å². The van der Waals surface area contributed by atoms with Gasteiger partial charge in [-0.2, -0.15) is 0 Å². The fourth-order valence-corrected chi connectivity index (χ4v) is 3.02. The van der Waals surface area contributed by atoms with Gasteiger partial charge >= 0.3 is 0 Å². The normalized spacial score (nSPS) is 17.9. The van der Waals surface area contributed by atoms with Gasteiger partial charge in [0.25, 0.3) is 0 Å². The summed E-state index contributed by atoms with van der Waals surface area (Å²) in [5.74, 6) is 0. The maximum Gasteiger partial charge on any atom is 0.00967 e. The SMILES string of the molecule is CCC(C)(CNC(C)(C)C)Cc1ccc2c(c1)CCC2. The molecule has 0 bridgehead atoms. The van der Waals surface area contributed by atoms with E-state index >= 15 is 0 Å². The second-order valence-electron chi connectivity index (χ2n) is 7.90. The summed E-state index contributed by atoms with van der Waals surface area (Å²) in [6, 6.07) is 7.19. The minimum absolute atomic E-state index is 0.203. The molecule has 1 aromatic carbocycles. The standard InChI is InChI=1S/C19H31N/c1-6-19(5,14-20-18(2,3)4)13-15-10-11-16-8-7-9-17(16)12-15/h10-12,20H,6-9,13-14H2,1-5H3. The van der Waals surface area contributed by atoms with Crippen LogP contribution in [0.2, 0.25) is 0 Å². The van der Waals surface area contributed by atoms with Crippen molar-refractivity contribution in [2.24, 2.45) is 5.41 Å². The molecule has 1 aliphatic carbocycles. The van der Waals surface area contributed by atoms with Crippen molar-refractivity contribution in [2.45, 2.75) is 72.3 Å². The Hall–Kier alpha value is -0.820. The van der Waals surface area contributed by atoms with Crippen LogP contribution in [0.3, 0.4) is 0 Å². The Labute approximate surface area is 125 Å². The van der Waals surface area contributed by atoms with E-state index in [1.54, 1.807) is 11.1 Å². The van der Waals surface area contributed by atoms with Crippen molar-refractivity contribution < 1.29 is 0 Å². The second-order valence-corrected chi connectivity index (χ2v) is 7.90. The Balaban J connectivity index is 2.05. The van der Waals surface area contributed by atoms with Crippen molar-refractivity contribution in [1.29, 1.82) is 0 Å². The number of fused-ring (bicyclic) bond motifs is 1. The second kappa shape index (κ2) is 5.89. The van der Waals surface area contributed by atoms with Crippen LogP contribution >= 0.6 is 0 Å². The summed E-state index contributed by atoms with van der Waals surface area (Å²) in [7, 11) is 0. The highest BCUT2D eigenvalue weighted by atomic mass is 15.0. The van der Waals surface area contributed by atoms with Gasteiger partial charge in [-0.25, -0.2) is 0 Å². The van der Waals surface area contributed by atoms with Gasteiger partial charge < -0.3 is 5.32 Å². The molecule has 2 rings (SSSR count). The van der Waals surface area contributed by atoms with Crippen LogP contribution in [0.25, 0.3) is 0 Å². The molecule has 20 heavy (non-hydrogen) atoms. The molecule has 1 N–H and O–H groups in total. The average Bonchev–Trinajstić information content (AvgIpc) is 2.83. The Kier molecular flexibility index (Phi) is 4.59. The predicted molar refractivity (Wildman–Crippen MR) is 88.3 cm³/mol. The molecular formula is C19H31N. The van der Waals surface area contributed by atoms with E-state index in [4.69, 9.17) is 0 Å². The number of hydrogen-bond donors (Lipinski definition) is 1. The molecule has 0 amide bonds. The van der Waals surface area contributed by atoms with Crippen LogP contribution in [-0.2, 0) is 19.3 Å². The van der Waals surface area contributed by atoms with Crippen molar-refractivity contribution in [3.63, 3.8) is 0 Å². The Bertz CT molecular complexity index is 455. The zero-order valence-corrected chi connectivity index (χ0v) is 14.0. The molecule has 1 nitrogen and oxygen atoms in total. The van der Waals surface area contributed by atoms with Crippen LogP contribution in [0.15, 0.2) is 18.2 Å². The van der Waals surface area contributed by atoms with E-state index in [0.29, 0.717) is 5.41 Å². The van der Waals surface area contributed by atoms with Gasteiger partial charge in [-0.3, -0.25) is 0 Å². The molecule has 112 valence electrons. The average molecular weight is 273 g/mol. The first-order chi connectivity index (χ1) is 9.31. The van der Waals surface area contributed by atoms with E-state index in [0.717, 1.165) is 6.54 Å². The molecule has 0 saturated carbocycles. The minimum atomic E-state index is 0.203.